The number of Topliss-reactive ketones (excluding diaryl/α,β-unsaturated/α-hetero) is 1. The van der Waals surface area contributed by atoms with Gasteiger partial charge >= 0.3 is 6.18 Å². The molecule has 0 fully saturated rings. The van der Waals surface area contributed by atoms with Gasteiger partial charge in [0.2, 0.25) is 0 Å². The molecule has 1 atom stereocenters. The second-order valence-electron chi connectivity index (χ2n) is 7.93. The van der Waals surface area contributed by atoms with Crippen LogP contribution in [-0.4, -0.2) is 5.78 Å². The Balaban J connectivity index is 3.04. The summed E-state index contributed by atoms with van der Waals surface area (Å²) in [5, 5.41) is 0. The number of rotatable bonds is 3. The summed E-state index contributed by atoms with van der Waals surface area (Å²) in [6.45, 7) is 11.6. The third kappa shape index (κ3) is 4.85. The van der Waals surface area contributed by atoms with Gasteiger partial charge in [0.15, 0.2) is 0 Å². The van der Waals surface area contributed by atoms with Gasteiger partial charge in [-0.25, -0.2) is 0 Å². The van der Waals surface area contributed by atoms with E-state index in [0.29, 0.717) is 6.42 Å². The second kappa shape index (κ2) is 6.05. The highest BCUT2D eigenvalue weighted by Gasteiger charge is 2.37. The molecule has 124 valence electrons. The van der Waals surface area contributed by atoms with Crippen LogP contribution in [0, 0.1) is 16.7 Å². The summed E-state index contributed by atoms with van der Waals surface area (Å²) < 4.78 is 37.8. The van der Waals surface area contributed by atoms with Crippen molar-refractivity contribution in [2.75, 3.05) is 0 Å². The Morgan fingerprint density at radius 1 is 0.955 bits per heavy atom. The van der Waals surface area contributed by atoms with Crippen LogP contribution in [0.25, 0.3) is 0 Å². The van der Waals surface area contributed by atoms with Crippen LogP contribution >= 0.6 is 0 Å². The summed E-state index contributed by atoms with van der Waals surface area (Å²) in [5.74, 6) is -0.0934. The van der Waals surface area contributed by atoms with Gasteiger partial charge in [0.1, 0.15) is 5.78 Å². The highest BCUT2D eigenvalue weighted by molar-refractivity contribution is 5.86. The first kappa shape index (κ1) is 18.7. The number of halogens is 3. The van der Waals surface area contributed by atoms with Crippen molar-refractivity contribution >= 4 is 5.78 Å². The van der Waals surface area contributed by atoms with Gasteiger partial charge in [-0.3, -0.25) is 4.79 Å². The molecule has 0 saturated heterocycles. The Morgan fingerprint density at radius 2 is 1.41 bits per heavy atom. The Kier molecular flexibility index (Phi) is 5.15. The molecular formula is C18H25F3O. The van der Waals surface area contributed by atoms with Gasteiger partial charge in [-0.1, -0.05) is 53.7 Å². The van der Waals surface area contributed by atoms with Gasteiger partial charge in [-0.2, -0.15) is 13.2 Å². The topological polar surface area (TPSA) is 17.1 Å². The average molecular weight is 314 g/mol. The average Bonchev–Trinajstić information content (AvgIpc) is 2.32. The minimum absolute atomic E-state index is 0.139. The number of carbonyl (C=O) groups is 1. The first-order chi connectivity index (χ1) is 9.73. The van der Waals surface area contributed by atoms with Crippen molar-refractivity contribution in [3.8, 4) is 0 Å². The molecule has 0 aliphatic rings. The molecule has 0 saturated carbocycles. The number of alkyl halides is 3. The molecule has 0 aromatic heterocycles. The maximum absolute atomic E-state index is 12.7. The van der Waals surface area contributed by atoms with E-state index in [9.17, 15) is 18.0 Å². The molecule has 1 aromatic rings. The summed E-state index contributed by atoms with van der Waals surface area (Å²) in [5.41, 5.74) is -0.618. The van der Waals surface area contributed by atoms with E-state index in [-0.39, 0.29) is 17.1 Å². The predicted molar refractivity (Wildman–Crippen MR) is 82.6 cm³/mol. The smallest absolute Gasteiger partial charge is 0.299 e. The fourth-order valence-corrected chi connectivity index (χ4v) is 2.38. The highest BCUT2D eigenvalue weighted by Crippen LogP contribution is 2.36. The Morgan fingerprint density at radius 3 is 1.73 bits per heavy atom. The maximum Gasteiger partial charge on any atom is 0.416 e. The Hall–Kier alpha value is -1.32. The molecule has 0 radical (unpaired) electrons. The molecule has 1 rings (SSSR count). The van der Waals surface area contributed by atoms with Crippen molar-refractivity contribution in [3.63, 3.8) is 0 Å². The van der Waals surface area contributed by atoms with Crippen molar-refractivity contribution in [2.45, 2.75) is 54.1 Å². The van der Waals surface area contributed by atoms with E-state index in [2.05, 4.69) is 0 Å². The van der Waals surface area contributed by atoms with E-state index in [1.165, 1.54) is 12.1 Å². The minimum Gasteiger partial charge on any atom is -0.299 e. The molecule has 0 aliphatic heterocycles. The number of ketones is 1. The van der Waals surface area contributed by atoms with Gasteiger partial charge in [0.25, 0.3) is 0 Å². The zero-order valence-electron chi connectivity index (χ0n) is 14.1. The van der Waals surface area contributed by atoms with Crippen LogP contribution in [0.3, 0.4) is 0 Å². The first-order valence-electron chi connectivity index (χ1n) is 7.43. The summed E-state index contributed by atoms with van der Waals surface area (Å²) in [4.78, 5) is 12.7. The largest absolute Gasteiger partial charge is 0.416 e. The van der Waals surface area contributed by atoms with Crippen LogP contribution in [0.2, 0.25) is 0 Å². The van der Waals surface area contributed by atoms with Crippen molar-refractivity contribution in [1.82, 2.24) is 0 Å². The fraction of sp³-hybridized carbons (Fsp3) is 0.611. The molecular weight excluding hydrogens is 289 g/mol. The van der Waals surface area contributed by atoms with Gasteiger partial charge in [0.05, 0.1) is 5.56 Å². The number of benzene rings is 1. The van der Waals surface area contributed by atoms with Crippen LogP contribution in [0.15, 0.2) is 24.3 Å². The molecule has 4 heteroatoms. The van der Waals surface area contributed by atoms with Gasteiger partial charge in [-0.05, 0) is 29.5 Å². The third-order valence-electron chi connectivity index (χ3n) is 3.82. The predicted octanol–water partition coefficient (Wildman–Crippen LogP) is 5.53. The molecule has 0 spiro atoms. The van der Waals surface area contributed by atoms with E-state index in [1.54, 1.807) is 0 Å². The van der Waals surface area contributed by atoms with Crippen molar-refractivity contribution in [3.05, 3.63) is 35.4 Å². The molecule has 22 heavy (non-hydrogen) atoms. The molecule has 1 unspecified atom stereocenters. The Bertz CT molecular complexity index is 513. The van der Waals surface area contributed by atoms with Crippen molar-refractivity contribution in [1.29, 1.82) is 0 Å². The van der Waals surface area contributed by atoms with Gasteiger partial charge in [-0.15, -0.1) is 0 Å². The van der Waals surface area contributed by atoms with Crippen molar-refractivity contribution in [2.24, 2.45) is 16.7 Å². The molecule has 1 aromatic carbocycles. The molecule has 0 aliphatic carbocycles. The van der Waals surface area contributed by atoms with E-state index >= 15 is 0 Å². The zero-order chi connectivity index (χ0) is 17.3. The van der Waals surface area contributed by atoms with E-state index in [1.807, 2.05) is 41.5 Å². The monoisotopic (exact) mass is 314 g/mol. The molecule has 0 bridgehead atoms. The number of hydrogen-bond acceptors (Lipinski definition) is 1. The Labute approximate surface area is 130 Å². The van der Waals surface area contributed by atoms with E-state index in [4.69, 9.17) is 0 Å². The summed E-state index contributed by atoms with van der Waals surface area (Å²) in [6, 6.07) is 5.10. The number of carbonyl (C=O) groups excluding carboxylic acids is 1. The van der Waals surface area contributed by atoms with Crippen LogP contribution in [0.5, 0.6) is 0 Å². The minimum atomic E-state index is -4.33. The molecule has 0 heterocycles. The lowest BCUT2D eigenvalue weighted by Crippen LogP contribution is -2.37. The molecule has 1 nitrogen and oxygen atoms in total. The maximum atomic E-state index is 12.7. The summed E-state index contributed by atoms with van der Waals surface area (Å²) in [7, 11) is 0. The normalized spacial score (nSPS) is 14.8. The standard InChI is InChI=1S/C18H25F3O/c1-16(2,3)14(15(22)17(4,5)6)11-12-7-9-13(10-8-12)18(19,20)21/h7-10,14H,11H2,1-6H3. The SMILES string of the molecule is CC(C)(C)C(=O)C(Cc1ccc(C(F)(F)F)cc1)C(C)(C)C. The van der Waals surface area contributed by atoms with Crippen LogP contribution in [0.4, 0.5) is 13.2 Å². The molecule has 0 amide bonds. The van der Waals surface area contributed by atoms with Crippen LogP contribution < -0.4 is 0 Å². The van der Waals surface area contributed by atoms with E-state index in [0.717, 1.165) is 17.7 Å². The lowest BCUT2D eigenvalue weighted by atomic mass is 9.69. The summed E-state index contributed by atoms with van der Waals surface area (Å²) >= 11 is 0. The lowest BCUT2D eigenvalue weighted by Gasteiger charge is -2.34. The fourth-order valence-electron chi connectivity index (χ4n) is 2.38. The van der Waals surface area contributed by atoms with Crippen molar-refractivity contribution < 1.29 is 18.0 Å². The zero-order valence-corrected chi connectivity index (χ0v) is 14.1. The third-order valence-corrected chi connectivity index (χ3v) is 3.82. The second-order valence-corrected chi connectivity index (χ2v) is 7.93. The van der Waals surface area contributed by atoms with Crippen LogP contribution in [0.1, 0.15) is 52.7 Å². The van der Waals surface area contributed by atoms with Gasteiger partial charge < -0.3 is 0 Å². The first-order valence-corrected chi connectivity index (χ1v) is 7.43. The van der Waals surface area contributed by atoms with Gasteiger partial charge in [0, 0.05) is 11.3 Å². The molecule has 0 N–H and O–H groups in total. The highest BCUT2D eigenvalue weighted by atomic mass is 19.4. The van der Waals surface area contributed by atoms with Crippen LogP contribution in [-0.2, 0) is 17.4 Å². The quantitative estimate of drug-likeness (QED) is 0.717. The lowest BCUT2D eigenvalue weighted by molar-refractivity contribution is -0.137. The van der Waals surface area contributed by atoms with E-state index < -0.39 is 17.2 Å². The summed E-state index contributed by atoms with van der Waals surface area (Å²) in [6.07, 6.45) is -3.87. The number of hydrogen-bond donors (Lipinski definition) is 0.